The first-order chi connectivity index (χ1) is 15.6. The highest BCUT2D eigenvalue weighted by Gasteiger charge is 2.16. The fraction of sp³-hybridized carbons (Fsp3) is 0.280. The van der Waals surface area contributed by atoms with E-state index in [1.807, 2.05) is 23.6 Å². The van der Waals surface area contributed by atoms with E-state index in [0.717, 1.165) is 38.0 Å². The van der Waals surface area contributed by atoms with Crippen LogP contribution in [-0.4, -0.2) is 41.0 Å². The number of rotatable bonds is 7. The van der Waals surface area contributed by atoms with Crippen LogP contribution in [0.2, 0.25) is 0 Å². The Kier molecular flexibility index (Phi) is 7.32. The molecule has 1 saturated heterocycles. The third-order valence-electron chi connectivity index (χ3n) is 5.59. The van der Waals surface area contributed by atoms with E-state index in [0.29, 0.717) is 22.7 Å². The largest absolute Gasteiger partial charge is 0.393 e. The molecule has 0 saturated carbocycles. The van der Waals surface area contributed by atoms with Crippen LogP contribution < -0.4 is 10.6 Å². The lowest BCUT2D eigenvalue weighted by molar-refractivity contribution is 0.0792. The average Bonchev–Trinajstić information content (AvgIpc) is 3.36. The standard InChI is InChI=1S/C25H27N3O3S/c29-22-11-13-28(14-12-22)17-19-5-3-18(4-6-19)16-26-24(30)20-7-9-21(10-8-20)27-25(31)23-2-1-15-32-23/h1-10,15,22,29H,11-14,16-17H2,(H,26,30)(H,27,31). The van der Waals surface area contributed by atoms with Gasteiger partial charge in [0.05, 0.1) is 11.0 Å². The first-order valence-electron chi connectivity index (χ1n) is 10.8. The minimum Gasteiger partial charge on any atom is -0.393 e. The van der Waals surface area contributed by atoms with Crippen molar-refractivity contribution in [1.82, 2.24) is 10.2 Å². The summed E-state index contributed by atoms with van der Waals surface area (Å²) in [5.74, 6) is -0.310. The third-order valence-corrected chi connectivity index (χ3v) is 6.46. The molecule has 32 heavy (non-hydrogen) atoms. The number of thiophene rings is 1. The Hall–Kier alpha value is -3.00. The van der Waals surface area contributed by atoms with Crippen molar-refractivity contribution in [2.45, 2.75) is 32.0 Å². The number of hydrogen-bond donors (Lipinski definition) is 3. The lowest BCUT2D eigenvalue weighted by Crippen LogP contribution is -2.35. The molecule has 166 valence electrons. The molecule has 0 spiro atoms. The fourth-order valence-corrected chi connectivity index (χ4v) is 4.31. The van der Waals surface area contributed by atoms with Gasteiger partial charge in [-0.3, -0.25) is 14.5 Å². The molecule has 0 atom stereocenters. The number of nitrogens with one attached hydrogen (secondary N) is 2. The van der Waals surface area contributed by atoms with Crippen LogP contribution in [0.25, 0.3) is 0 Å². The molecule has 3 N–H and O–H groups in total. The zero-order chi connectivity index (χ0) is 22.3. The zero-order valence-electron chi connectivity index (χ0n) is 17.8. The number of hydrogen-bond acceptors (Lipinski definition) is 5. The number of anilines is 1. The van der Waals surface area contributed by atoms with Gasteiger partial charge in [0.1, 0.15) is 0 Å². The lowest BCUT2D eigenvalue weighted by atomic mass is 10.1. The number of aliphatic hydroxyl groups excluding tert-OH is 1. The van der Waals surface area contributed by atoms with Crippen molar-refractivity contribution in [3.05, 3.63) is 87.6 Å². The maximum Gasteiger partial charge on any atom is 0.265 e. The first-order valence-corrected chi connectivity index (χ1v) is 11.7. The van der Waals surface area contributed by atoms with E-state index in [2.05, 4.69) is 27.7 Å². The quantitative estimate of drug-likeness (QED) is 0.511. The smallest absolute Gasteiger partial charge is 0.265 e. The molecule has 0 aliphatic carbocycles. The van der Waals surface area contributed by atoms with Gasteiger partial charge in [0.25, 0.3) is 11.8 Å². The second kappa shape index (κ2) is 10.5. The predicted molar refractivity (Wildman–Crippen MR) is 127 cm³/mol. The van der Waals surface area contributed by atoms with E-state index in [1.54, 1.807) is 30.3 Å². The van der Waals surface area contributed by atoms with Crippen LogP contribution in [0.5, 0.6) is 0 Å². The van der Waals surface area contributed by atoms with Crippen LogP contribution in [0, 0.1) is 0 Å². The number of likely N-dealkylation sites (tertiary alicyclic amines) is 1. The SMILES string of the molecule is O=C(NCc1ccc(CN2CCC(O)CC2)cc1)c1ccc(NC(=O)c2cccs2)cc1. The summed E-state index contributed by atoms with van der Waals surface area (Å²) in [5, 5.41) is 17.2. The van der Waals surface area contributed by atoms with Crippen molar-refractivity contribution < 1.29 is 14.7 Å². The van der Waals surface area contributed by atoms with Crippen molar-refractivity contribution in [2.24, 2.45) is 0 Å². The van der Waals surface area contributed by atoms with Gasteiger partial charge in [-0.15, -0.1) is 11.3 Å². The minimum atomic E-state index is -0.155. The molecule has 4 rings (SSSR count). The Labute approximate surface area is 191 Å². The molecule has 2 amide bonds. The summed E-state index contributed by atoms with van der Waals surface area (Å²) in [6.07, 6.45) is 1.52. The summed E-state index contributed by atoms with van der Waals surface area (Å²) in [4.78, 5) is 27.6. The number of benzene rings is 2. The third kappa shape index (κ3) is 6.03. The van der Waals surface area contributed by atoms with Crippen LogP contribution in [0.3, 0.4) is 0 Å². The van der Waals surface area contributed by atoms with Crippen LogP contribution in [-0.2, 0) is 13.1 Å². The van der Waals surface area contributed by atoms with E-state index < -0.39 is 0 Å². The second-order valence-corrected chi connectivity index (χ2v) is 8.96. The summed E-state index contributed by atoms with van der Waals surface area (Å²) < 4.78 is 0. The molecule has 3 aromatic rings. The van der Waals surface area contributed by atoms with Crippen LogP contribution in [0.15, 0.2) is 66.0 Å². The highest BCUT2D eigenvalue weighted by molar-refractivity contribution is 7.12. The van der Waals surface area contributed by atoms with Crippen LogP contribution >= 0.6 is 11.3 Å². The molecule has 0 unspecified atom stereocenters. The highest BCUT2D eigenvalue weighted by atomic mass is 32.1. The normalized spacial score (nSPS) is 14.8. The predicted octanol–water partition coefficient (Wildman–Crippen LogP) is 3.89. The minimum absolute atomic E-state index is 0.154. The average molecular weight is 450 g/mol. The Bertz CT molecular complexity index is 1030. The number of nitrogens with zero attached hydrogens (tertiary/aromatic N) is 1. The van der Waals surface area contributed by atoms with Gasteiger partial charge in [0.15, 0.2) is 0 Å². The number of carbonyl (C=O) groups excluding carboxylic acids is 2. The van der Waals surface area contributed by atoms with Gasteiger partial charge in [-0.2, -0.15) is 0 Å². The maximum atomic E-state index is 12.5. The summed E-state index contributed by atoms with van der Waals surface area (Å²) in [7, 11) is 0. The van der Waals surface area contributed by atoms with E-state index in [-0.39, 0.29) is 17.9 Å². The van der Waals surface area contributed by atoms with Gasteiger partial charge in [-0.05, 0) is 59.7 Å². The number of aliphatic hydroxyl groups is 1. The summed E-state index contributed by atoms with van der Waals surface area (Å²) in [6, 6.07) is 18.7. The monoisotopic (exact) mass is 449 g/mol. The molecule has 0 radical (unpaired) electrons. The number of amides is 2. The Morgan fingerprint density at radius 3 is 2.28 bits per heavy atom. The van der Waals surface area contributed by atoms with E-state index >= 15 is 0 Å². The molecule has 0 bridgehead atoms. The van der Waals surface area contributed by atoms with Gasteiger partial charge in [-0.25, -0.2) is 0 Å². The van der Waals surface area contributed by atoms with E-state index in [4.69, 9.17) is 0 Å². The van der Waals surface area contributed by atoms with Gasteiger partial charge in [0, 0.05) is 37.4 Å². The van der Waals surface area contributed by atoms with Crippen molar-refractivity contribution in [1.29, 1.82) is 0 Å². The molecule has 1 aliphatic heterocycles. The lowest BCUT2D eigenvalue weighted by Gasteiger charge is -2.29. The van der Waals surface area contributed by atoms with Gasteiger partial charge < -0.3 is 15.7 Å². The van der Waals surface area contributed by atoms with Gasteiger partial charge in [-0.1, -0.05) is 30.3 Å². The van der Waals surface area contributed by atoms with E-state index in [1.165, 1.54) is 16.9 Å². The molecule has 2 aromatic carbocycles. The molecule has 7 heteroatoms. The Morgan fingerprint density at radius 2 is 1.62 bits per heavy atom. The van der Waals surface area contributed by atoms with Crippen molar-refractivity contribution >= 4 is 28.8 Å². The highest BCUT2D eigenvalue weighted by Crippen LogP contribution is 2.16. The van der Waals surface area contributed by atoms with Crippen LogP contribution in [0.4, 0.5) is 5.69 Å². The first kappa shape index (κ1) is 22.2. The Balaban J connectivity index is 1.24. The van der Waals surface area contributed by atoms with Crippen LogP contribution in [0.1, 0.15) is 44.0 Å². The molecule has 1 aromatic heterocycles. The number of piperidine rings is 1. The van der Waals surface area contributed by atoms with E-state index in [9.17, 15) is 14.7 Å². The van der Waals surface area contributed by atoms with Crippen molar-refractivity contribution in [3.63, 3.8) is 0 Å². The van der Waals surface area contributed by atoms with Gasteiger partial charge >= 0.3 is 0 Å². The topological polar surface area (TPSA) is 81.7 Å². The summed E-state index contributed by atoms with van der Waals surface area (Å²) in [5.41, 5.74) is 3.47. The molecule has 6 nitrogen and oxygen atoms in total. The zero-order valence-corrected chi connectivity index (χ0v) is 18.6. The van der Waals surface area contributed by atoms with Gasteiger partial charge in [0.2, 0.25) is 0 Å². The second-order valence-electron chi connectivity index (χ2n) is 8.02. The Morgan fingerprint density at radius 1 is 0.938 bits per heavy atom. The van der Waals surface area contributed by atoms with Crippen molar-refractivity contribution in [2.75, 3.05) is 18.4 Å². The van der Waals surface area contributed by atoms with Crippen molar-refractivity contribution in [3.8, 4) is 0 Å². The number of carbonyl (C=O) groups is 2. The maximum absolute atomic E-state index is 12.5. The molecular formula is C25H27N3O3S. The fourth-order valence-electron chi connectivity index (χ4n) is 3.69. The molecule has 1 fully saturated rings. The summed E-state index contributed by atoms with van der Waals surface area (Å²) >= 11 is 1.38. The molecular weight excluding hydrogens is 422 g/mol. The molecule has 2 heterocycles. The molecule has 1 aliphatic rings. The summed E-state index contributed by atoms with van der Waals surface area (Å²) in [6.45, 7) is 3.19.